The number of nitrogens with zero attached hydrogens (tertiary/aromatic N) is 2. The van der Waals surface area contributed by atoms with Crippen molar-refractivity contribution in [2.45, 2.75) is 24.8 Å². The maximum Gasteiger partial charge on any atom is 0.243 e. The molecule has 0 saturated carbocycles. The molecule has 0 aromatic heterocycles. The maximum absolute atomic E-state index is 13.0. The molecule has 0 bridgehead atoms. The van der Waals surface area contributed by atoms with E-state index in [0.717, 1.165) is 17.7 Å². The lowest BCUT2D eigenvalue weighted by Crippen LogP contribution is -2.48. The molecule has 24 heavy (non-hydrogen) atoms. The van der Waals surface area contributed by atoms with Crippen molar-refractivity contribution < 1.29 is 8.42 Å². The highest BCUT2D eigenvalue weighted by molar-refractivity contribution is 7.89. The number of sulfonamides is 1. The molecule has 1 fully saturated rings. The standard InChI is InChI=1S/C19H24N2O2S/c1-15-7-9-17(10-8-15)19-14-21(12-11-20(19)3)24(22,23)18-6-4-5-16(2)13-18/h4-10,13,19H,11-12,14H2,1-3H3. The first-order chi connectivity index (χ1) is 11.4. The Labute approximate surface area is 144 Å². The third-order valence-electron chi connectivity index (χ3n) is 4.70. The van der Waals surface area contributed by atoms with Gasteiger partial charge in [0.05, 0.1) is 4.90 Å². The fraction of sp³-hybridized carbons (Fsp3) is 0.368. The van der Waals surface area contributed by atoms with Crippen LogP contribution in [0.2, 0.25) is 0 Å². The normalized spacial score (nSPS) is 20.2. The van der Waals surface area contributed by atoms with Crippen molar-refractivity contribution in [2.75, 3.05) is 26.7 Å². The zero-order chi connectivity index (χ0) is 17.3. The largest absolute Gasteiger partial charge is 0.297 e. The Hall–Kier alpha value is -1.69. The van der Waals surface area contributed by atoms with E-state index in [2.05, 4.69) is 43.1 Å². The van der Waals surface area contributed by atoms with E-state index < -0.39 is 10.0 Å². The summed E-state index contributed by atoms with van der Waals surface area (Å²) < 4.78 is 27.6. The summed E-state index contributed by atoms with van der Waals surface area (Å²) in [5.74, 6) is 0. The monoisotopic (exact) mass is 344 g/mol. The zero-order valence-electron chi connectivity index (χ0n) is 14.4. The Balaban J connectivity index is 1.88. The first-order valence-electron chi connectivity index (χ1n) is 8.21. The highest BCUT2D eigenvalue weighted by Crippen LogP contribution is 2.28. The molecule has 1 heterocycles. The minimum Gasteiger partial charge on any atom is -0.297 e. The summed E-state index contributed by atoms with van der Waals surface area (Å²) in [6, 6.07) is 15.6. The van der Waals surface area contributed by atoms with Gasteiger partial charge in [0.1, 0.15) is 0 Å². The summed E-state index contributed by atoms with van der Waals surface area (Å²) in [6.45, 7) is 5.70. The molecule has 1 aliphatic heterocycles. The van der Waals surface area contributed by atoms with Crippen molar-refractivity contribution in [1.82, 2.24) is 9.21 Å². The van der Waals surface area contributed by atoms with Gasteiger partial charge >= 0.3 is 0 Å². The predicted octanol–water partition coefficient (Wildman–Crippen LogP) is 2.98. The van der Waals surface area contributed by atoms with Gasteiger partial charge in [0.15, 0.2) is 0 Å². The summed E-state index contributed by atoms with van der Waals surface area (Å²) in [7, 11) is -1.39. The van der Waals surface area contributed by atoms with Crippen LogP contribution in [0.5, 0.6) is 0 Å². The van der Waals surface area contributed by atoms with Crippen LogP contribution in [0.1, 0.15) is 22.7 Å². The van der Waals surface area contributed by atoms with E-state index in [4.69, 9.17) is 0 Å². The highest BCUT2D eigenvalue weighted by Gasteiger charge is 2.33. The number of benzene rings is 2. The quantitative estimate of drug-likeness (QED) is 0.859. The maximum atomic E-state index is 13.0. The van der Waals surface area contributed by atoms with Gasteiger partial charge in [-0.25, -0.2) is 8.42 Å². The number of hydrogen-bond acceptors (Lipinski definition) is 3. The number of likely N-dealkylation sites (N-methyl/N-ethyl adjacent to an activating group) is 1. The van der Waals surface area contributed by atoms with Crippen LogP contribution in [-0.2, 0) is 10.0 Å². The van der Waals surface area contributed by atoms with Crippen LogP contribution in [0, 0.1) is 13.8 Å². The Kier molecular flexibility index (Phi) is 4.76. The summed E-state index contributed by atoms with van der Waals surface area (Å²) >= 11 is 0. The molecule has 1 atom stereocenters. The van der Waals surface area contributed by atoms with Gasteiger partial charge in [0.2, 0.25) is 10.0 Å². The molecule has 4 nitrogen and oxygen atoms in total. The van der Waals surface area contributed by atoms with E-state index in [1.807, 2.05) is 13.0 Å². The fourth-order valence-electron chi connectivity index (χ4n) is 3.14. The lowest BCUT2D eigenvalue weighted by molar-refractivity contribution is 0.148. The molecule has 0 aliphatic carbocycles. The van der Waals surface area contributed by atoms with Gasteiger partial charge in [-0.15, -0.1) is 0 Å². The SMILES string of the molecule is Cc1ccc(C2CN(S(=O)(=O)c3cccc(C)c3)CCN2C)cc1. The molecule has 2 aromatic rings. The third-order valence-corrected chi connectivity index (χ3v) is 6.56. The van der Waals surface area contributed by atoms with Gasteiger partial charge in [-0.2, -0.15) is 4.31 Å². The molecule has 1 saturated heterocycles. The van der Waals surface area contributed by atoms with Crippen LogP contribution >= 0.6 is 0 Å². The van der Waals surface area contributed by atoms with Crippen molar-refractivity contribution in [3.05, 3.63) is 65.2 Å². The molecule has 0 N–H and O–H groups in total. The van der Waals surface area contributed by atoms with Crippen LogP contribution in [0.15, 0.2) is 53.4 Å². The highest BCUT2D eigenvalue weighted by atomic mass is 32.2. The van der Waals surface area contributed by atoms with Crippen LogP contribution in [-0.4, -0.2) is 44.3 Å². The number of aryl methyl sites for hydroxylation is 2. The third kappa shape index (κ3) is 3.38. The summed E-state index contributed by atoms with van der Waals surface area (Å²) in [5, 5.41) is 0. The van der Waals surface area contributed by atoms with Crippen molar-refractivity contribution in [3.8, 4) is 0 Å². The minimum absolute atomic E-state index is 0.0823. The number of hydrogen-bond donors (Lipinski definition) is 0. The minimum atomic E-state index is -3.45. The van der Waals surface area contributed by atoms with Crippen LogP contribution < -0.4 is 0 Å². The van der Waals surface area contributed by atoms with E-state index in [1.165, 1.54) is 5.56 Å². The number of piperazine rings is 1. The van der Waals surface area contributed by atoms with Gasteiger partial charge in [0.25, 0.3) is 0 Å². The second kappa shape index (κ2) is 6.67. The van der Waals surface area contributed by atoms with E-state index in [1.54, 1.807) is 22.5 Å². The Morgan fingerprint density at radius 1 is 0.958 bits per heavy atom. The number of rotatable bonds is 3. The lowest BCUT2D eigenvalue weighted by atomic mass is 10.0. The fourth-order valence-corrected chi connectivity index (χ4v) is 4.68. The molecule has 0 spiro atoms. The average Bonchev–Trinajstić information content (AvgIpc) is 2.56. The molecule has 1 unspecified atom stereocenters. The molecule has 5 heteroatoms. The summed E-state index contributed by atoms with van der Waals surface area (Å²) in [6.07, 6.45) is 0. The van der Waals surface area contributed by atoms with E-state index >= 15 is 0 Å². The first kappa shape index (κ1) is 17.1. The lowest BCUT2D eigenvalue weighted by Gasteiger charge is -2.39. The van der Waals surface area contributed by atoms with Gasteiger partial charge in [-0.1, -0.05) is 42.0 Å². The van der Waals surface area contributed by atoms with Crippen molar-refractivity contribution in [2.24, 2.45) is 0 Å². The predicted molar refractivity (Wildman–Crippen MR) is 96.5 cm³/mol. The molecule has 1 aliphatic rings. The first-order valence-corrected chi connectivity index (χ1v) is 9.65. The van der Waals surface area contributed by atoms with Gasteiger partial charge < -0.3 is 0 Å². The van der Waals surface area contributed by atoms with Crippen molar-refractivity contribution in [3.63, 3.8) is 0 Å². The van der Waals surface area contributed by atoms with Gasteiger partial charge in [0, 0.05) is 25.7 Å². The van der Waals surface area contributed by atoms with E-state index in [0.29, 0.717) is 18.0 Å². The van der Waals surface area contributed by atoms with Crippen LogP contribution in [0.25, 0.3) is 0 Å². The molecule has 2 aromatic carbocycles. The molecular formula is C19H24N2O2S. The van der Waals surface area contributed by atoms with Crippen molar-refractivity contribution >= 4 is 10.0 Å². The van der Waals surface area contributed by atoms with Crippen molar-refractivity contribution in [1.29, 1.82) is 0 Å². The zero-order valence-corrected chi connectivity index (χ0v) is 15.3. The van der Waals surface area contributed by atoms with E-state index in [-0.39, 0.29) is 6.04 Å². The van der Waals surface area contributed by atoms with Crippen LogP contribution in [0.4, 0.5) is 0 Å². The smallest absolute Gasteiger partial charge is 0.243 e. The topological polar surface area (TPSA) is 40.6 Å². The van der Waals surface area contributed by atoms with Crippen LogP contribution in [0.3, 0.4) is 0 Å². The summed E-state index contributed by atoms with van der Waals surface area (Å²) in [4.78, 5) is 2.61. The molecule has 128 valence electrons. The summed E-state index contributed by atoms with van der Waals surface area (Å²) in [5.41, 5.74) is 3.33. The second-order valence-corrected chi connectivity index (χ2v) is 8.52. The Morgan fingerprint density at radius 3 is 2.33 bits per heavy atom. The van der Waals surface area contributed by atoms with E-state index in [9.17, 15) is 8.42 Å². The second-order valence-electron chi connectivity index (χ2n) is 6.59. The Morgan fingerprint density at radius 2 is 1.67 bits per heavy atom. The molecule has 3 rings (SSSR count). The average molecular weight is 344 g/mol. The molecule has 0 radical (unpaired) electrons. The Bertz CT molecular complexity index is 816. The molecule has 0 amide bonds. The van der Waals surface area contributed by atoms with Gasteiger partial charge in [-0.05, 0) is 44.2 Å². The van der Waals surface area contributed by atoms with Gasteiger partial charge in [-0.3, -0.25) is 4.90 Å². The molecular weight excluding hydrogens is 320 g/mol.